The largest absolute Gasteiger partial charge is 0.330 e. The van der Waals surface area contributed by atoms with Crippen molar-refractivity contribution in [3.63, 3.8) is 0 Å². The Labute approximate surface area is 119 Å². The highest BCUT2D eigenvalue weighted by molar-refractivity contribution is 6.34. The second kappa shape index (κ2) is 6.71. The molecule has 0 amide bonds. The maximum absolute atomic E-state index is 6.16. The highest BCUT2D eigenvalue weighted by atomic mass is 35.5. The summed E-state index contributed by atoms with van der Waals surface area (Å²) >= 11 is 12.0. The molecule has 1 aromatic heterocycles. The third-order valence-corrected chi connectivity index (χ3v) is 3.50. The Hall–Kier alpha value is -0.350. The molecule has 1 aromatic rings. The van der Waals surface area contributed by atoms with Crippen molar-refractivity contribution in [1.82, 2.24) is 9.88 Å². The Morgan fingerprint density at radius 2 is 2.06 bits per heavy atom. The Kier molecular flexibility index (Phi) is 5.86. The fraction of sp³-hybridized carbons (Fsp3) is 0.615. The van der Waals surface area contributed by atoms with E-state index in [2.05, 4.69) is 30.7 Å². The van der Waals surface area contributed by atoms with Crippen molar-refractivity contribution in [1.29, 1.82) is 0 Å². The topological polar surface area (TPSA) is 42.2 Å². The van der Waals surface area contributed by atoms with E-state index >= 15 is 0 Å². The van der Waals surface area contributed by atoms with Crippen LogP contribution in [0.4, 0.5) is 0 Å². The summed E-state index contributed by atoms with van der Waals surface area (Å²) in [4.78, 5) is 6.38. The van der Waals surface area contributed by atoms with E-state index in [9.17, 15) is 0 Å². The van der Waals surface area contributed by atoms with Crippen LogP contribution in [-0.4, -0.2) is 29.5 Å². The lowest BCUT2D eigenvalue weighted by Gasteiger charge is -2.31. The van der Waals surface area contributed by atoms with E-state index < -0.39 is 0 Å². The summed E-state index contributed by atoms with van der Waals surface area (Å²) in [6, 6.07) is 1.68. The monoisotopic (exact) mass is 289 g/mol. The van der Waals surface area contributed by atoms with Crippen LogP contribution in [0.3, 0.4) is 0 Å². The van der Waals surface area contributed by atoms with Crippen LogP contribution < -0.4 is 5.73 Å². The molecule has 0 spiro atoms. The fourth-order valence-corrected chi connectivity index (χ4v) is 2.17. The summed E-state index contributed by atoms with van der Waals surface area (Å²) in [6.45, 7) is 9.76. The van der Waals surface area contributed by atoms with Gasteiger partial charge in [0.25, 0.3) is 0 Å². The first-order valence-electron chi connectivity index (χ1n) is 6.10. The van der Waals surface area contributed by atoms with Crippen LogP contribution in [0.25, 0.3) is 0 Å². The first-order valence-corrected chi connectivity index (χ1v) is 6.86. The second-order valence-corrected chi connectivity index (χ2v) is 6.06. The van der Waals surface area contributed by atoms with Gasteiger partial charge in [0, 0.05) is 29.9 Å². The minimum absolute atomic E-state index is 0.0995. The van der Waals surface area contributed by atoms with E-state index in [0.717, 1.165) is 25.2 Å². The molecule has 0 aliphatic rings. The second-order valence-electron chi connectivity index (χ2n) is 5.27. The number of hydrogen-bond acceptors (Lipinski definition) is 3. The number of hydrogen-bond donors (Lipinski definition) is 1. The molecule has 0 aliphatic carbocycles. The van der Waals surface area contributed by atoms with Crippen molar-refractivity contribution in [2.75, 3.05) is 19.6 Å². The highest BCUT2D eigenvalue weighted by Gasteiger charge is 2.20. The molecule has 0 saturated heterocycles. The molecular weight excluding hydrogens is 269 g/mol. The molecule has 0 unspecified atom stereocenters. The predicted octanol–water partition coefficient (Wildman–Crippen LogP) is 3.20. The van der Waals surface area contributed by atoms with Crippen LogP contribution in [0.1, 0.15) is 26.3 Å². The van der Waals surface area contributed by atoms with Gasteiger partial charge in [0.15, 0.2) is 0 Å². The van der Waals surface area contributed by atoms with Gasteiger partial charge in [-0.05, 0) is 24.6 Å². The number of nitrogens with two attached hydrogens (primary N) is 1. The predicted molar refractivity (Wildman–Crippen MR) is 78.0 cm³/mol. The van der Waals surface area contributed by atoms with Crippen LogP contribution in [0.15, 0.2) is 12.3 Å². The first kappa shape index (κ1) is 15.7. The molecule has 5 heteroatoms. The van der Waals surface area contributed by atoms with Crippen molar-refractivity contribution in [2.24, 2.45) is 11.1 Å². The number of nitrogens with zero attached hydrogens (tertiary/aromatic N) is 2. The molecule has 0 atom stereocenters. The van der Waals surface area contributed by atoms with Gasteiger partial charge >= 0.3 is 0 Å². The molecule has 0 bridgehead atoms. The SMILES string of the molecule is CCN(Cc1cnc(Cl)cc1Cl)CC(C)(C)CN. The zero-order valence-electron chi connectivity index (χ0n) is 11.2. The Morgan fingerprint density at radius 3 is 2.56 bits per heavy atom. The normalized spacial score (nSPS) is 12.2. The van der Waals surface area contributed by atoms with E-state index in [0.29, 0.717) is 16.7 Å². The van der Waals surface area contributed by atoms with Crippen molar-refractivity contribution in [3.8, 4) is 0 Å². The van der Waals surface area contributed by atoms with E-state index in [1.807, 2.05) is 0 Å². The number of pyridine rings is 1. The molecule has 102 valence electrons. The lowest BCUT2D eigenvalue weighted by molar-refractivity contribution is 0.183. The van der Waals surface area contributed by atoms with Gasteiger partial charge in [0.1, 0.15) is 5.15 Å². The summed E-state index contributed by atoms with van der Waals surface area (Å²) in [7, 11) is 0. The summed E-state index contributed by atoms with van der Waals surface area (Å²) in [5.74, 6) is 0. The summed E-state index contributed by atoms with van der Waals surface area (Å²) in [5.41, 5.74) is 6.87. The van der Waals surface area contributed by atoms with Gasteiger partial charge in [-0.1, -0.05) is 44.0 Å². The van der Waals surface area contributed by atoms with Crippen molar-refractivity contribution in [3.05, 3.63) is 28.0 Å². The van der Waals surface area contributed by atoms with Crippen LogP contribution in [0, 0.1) is 5.41 Å². The zero-order valence-corrected chi connectivity index (χ0v) is 12.7. The standard InChI is InChI=1S/C13H21Cl2N3/c1-4-18(9-13(2,3)8-16)7-10-6-17-12(15)5-11(10)14/h5-6H,4,7-9,16H2,1-3H3. The summed E-state index contributed by atoms with van der Waals surface area (Å²) < 4.78 is 0. The van der Waals surface area contributed by atoms with E-state index in [-0.39, 0.29) is 5.41 Å². The number of aromatic nitrogens is 1. The fourth-order valence-electron chi connectivity index (χ4n) is 1.74. The average molecular weight is 290 g/mol. The average Bonchev–Trinajstić information content (AvgIpc) is 2.31. The van der Waals surface area contributed by atoms with Crippen molar-refractivity contribution >= 4 is 23.2 Å². The van der Waals surface area contributed by atoms with Crippen molar-refractivity contribution in [2.45, 2.75) is 27.3 Å². The lowest BCUT2D eigenvalue weighted by Crippen LogP contribution is -2.38. The van der Waals surface area contributed by atoms with E-state index in [1.54, 1.807) is 12.3 Å². The van der Waals surface area contributed by atoms with Crippen LogP contribution in [0.5, 0.6) is 0 Å². The molecule has 3 nitrogen and oxygen atoms in total. The van der Waals surface area contributed by atoms with Gasteiger partial charge in [-0.2, -0.15) is 0 Å². The Morgan fingerprint density at radius 1 is 1.39 bits per heavy atom. The minimum atomic E-state index is 0.0995. The smallest absolute Gasteiger partial charge is 0.130 e. The number of rotatable bonds is 6. The zero-order chi connectivity index (χ0) is 13.8. The van der Waals surface area contributed by atoms with Crippen LogP contribution in [-0.2, 0) is 6.54 Å². The van der Waals surface area contributed by atoms with Gasteiger partial charge < -0.3 is 5.73 Å². The molecule has 0 saturated carbocycles. The molecular formula is C13H21Cl2N3. The maximum atomic E-state index is 6.16. The van der Waals surface area contributed by atoms with Crippen LogP contribution in [0.2, 0.25) is 10.2 Å². The molecule has 0 fully saturated rings. The Balaban J connectivity index is 2.74. The van der Waals surface area contributed by atoms with Gasteiger partial charge in [0.05, 0.1) is 0 Å². The van der Waals surface area contributed by atoms with Gasteiger partial charge in [-0.15, -0.1) is 0 Å². The first-order chi connectivity index (χ1) is 8.38. The molecule has 0 aliphatic heterocycles. The molecule has 1 heterocycles. The molecule has 2 N–H and O–H groups in total. The Bertz CT molecular complexity index is 394. The molecule has 1 rings (SSSR count). The van der Waals surface area contributed by atoms with Crippen molar-refractivity contribution < 1.29 is 0 Å². The third-order valence-electron chi connectivity index (χ3n) is 2.94. The maximum Gasteiger partial charge on any atom is 0.130 e. The number of halogens is 2. The molecule has 0 aromatic carbocycles. The molecule has 0 radical (unpaired) electrons. The summed E-state index contributed by atoms with van der Waals surface area (Å²) in [6.07, 6.45) is 1.74. The van der Waals surface area contributed by atoms with Gasteiger partial charge in [-0.3, -0.25) is 4.90 Å². The quantitative estimate of drug-likeness (QED) is 0.818. The van der Waals surface area contributed by atoms with Gasteiger partial charge in [0.2, 0.25) is 0 Å². The van der Waals surface area contributed by atoms with Gasteiger partial charge in [-0.25, -0.2) is 4.98 Å². The highest BCUT2D eigenvalue weighted by Crippen LogP contribution is 2.22. The summed E-state index contributed by atoms with van der Waals surface area (Å²) in [5, 5.41) is 1.09. The minimum Gasteiger partial charge on any atom is -0.330 e. The third kappa shape index (κ3) is 4.73. The van der Waals surface area contributed by atoms with E-state index in [1.165, 1.54) is 0 Å². The van der Waals surface area contributed by atoms with Crippen LogP contribution >= 0.6 is 23.2 Å². The van der Waals surface area contributed by atoms with E-state index in [4.69, 9.17) is 28.9 Å². The molecule has 18 heavy (non-hydrogen) atoms. The lowest BCUT2D eigenvalue weighted by atomic mass is 9.93.